The maximum Gasteiger partial charge on any atom is 0.322 e. The molecule has 2 aromatic heterocycles. The van der Waals surface area contributed by atoms with Crippen LogP contribution in [0.2, 0.25) is 0 Å². The quantitative estimate of drug-likeness (QED) is 0.397. The number of pyridine rings is 2. The third kappa shape index (κ3) is 4.52. The van der Waals surface area contributed by atoms with E-state index in [-0.39, 0.29) is 35.1 Å². The Morgan fingerprint density at radius 2 is 1.88 bits per heavy atom. The molecule has 3 aromatic rings. The van der Waals surface area contributed by atoms with Crippen LogP contribution in [0.4, 0.5) is 5.82 Å². The number of nitrogens with two attached hydrogens (primary N) is 1. The largest absolute Gasteiger partial charge is 0.480 e. The molecule has 178 valence electrons. The number of anilines is 1. The smallest absolute Gasteiger partial charge is 0.322 e. The summed E-state index contributed by atoms with van der Waals surface area (Å²) in [7, 11) is -2.51. The molecule has 1 aliphatic carbocycles. The van der Waals surface area contributed by atoms with E-state index in [1.165, 1.54) is 18.3 Å². The number of aromatic nitrogens is 2. The van der Waals surface area contributed by atoms with Crippen molar-refractivity contribution in [2.24, 2.45) is 5.73 Å². The highest BCUT2D eigenvalue weighted by atomic mass is 32.2. The number of hydrogen-bond acceptors (Lipinski definition) is 8. The fourth-order valence-corrected chi connectivity index (χ4v) is 5.48. The van der Waals surface area contributed by atoms with Crippen molar-refractivity contribution in [3.63, 3.8) is 0 Å². The minimum Gasteiger partial charge on any atom is -0.480 e. The van der Waals surface area contributed by atoms with Crippen LogP contribution in [-0.4, -0.2) is 43.1 Å². The number of aliphatic carboxylic acids is 1. The van der Waals surface area contributed by atoms with Crippen molar-refractivity contribution in [1.29, 1.82) is 0 Å². The van der Waals surface area contributed by atoms with E-state index in [1.807, 2.05) is 24.3 Å². The second kappa shape index (κ2) is 9.13. The van der Waals surface area contributed by atoms with Crippen molar-refractivity contribution >= 4 is 21.6 Å². The summed E-state index contributed by atoms with van der Waals surface area (Å²) in [4.78, 5) is 17.4. The lowest BCUT2D eigenvalue weighted by atomic mass is 9.99. The molecule has 9 nitrogen and oxygen atoms in total. The topological polar surface area (TPSA) is 144 Å². The van der Waals surface area contributed by atoms with Crippen LogP contribution >= 0.6 is 0 Å². The van der Waals surface area contributed by atoms with Crippen LogP contribution in [-0.2, 0) is 36.3 Å². The number of carbonyl (C=O) groups is 1. The fraction of sp³-hybridized carbons (Fsp3) is 0.292. The van der Waals surface area contributed by atoms with E-state index in [0.717, 1.165) is 18.4 Å². The van der Waals surface area contributed by atoms with Crippen LogP contribution in [0, 0.1) is 0 Å². The average Bonchev–Trinajstić information content (AvgIpc) is 3.65. The van der Waals surface area contributed by atoms with E-state index >= 15 is 0 Å². The lowest BCUT2D eigenvalue weighted by Gasteiger charge is -2.29. The molecule has 0 spiro atoms. The predicted octanol–water partition coefficient (Wildman–Crippen LogP) is 2.44. The molecule has 1 aliphatic rings. The van der Waals surface area contributed by atoms with Gasteiger partial charge in [-0.15, -0.1) is 0 Å². The number of nitrogens with zero attached hydrogens (tertiary/aromatic N) is 2. The first-order valence-electron chi connectivity index (χ1n) is 10.7. The summed E-state index contributed by atoms with van der Waals surface area (Å²) in [5.41, 5.74) is 8.24. The number of sulfone groups is 1. The average molecular weight is 483 g/mol. The first kappa shape index (κ1) is 23.8. The molecule has 10 heteroatoms. The zero-order valence-corrected chi connectivity index (χ0v) is 19.5. The number of ether oxygens (including phenoxy) is 1. The van der Waals surface area contributed by atoms with Gasteiger partial charge in [0.1, 0.15) is 12.4 Å². The number of benzene rings is 1. The molecule has 4 rings (SSSR count). The number of methoxy groups -OCH3 is 1. The normalized spacial score (nSPS) is 16.4. The Hall–Kier alpha value is -3.34. The molecule has 0 bridgehead atoms. The van der Waals surface area contributed by atoms with Gasteiger partial charge in [-0.1, -0.05) is 36.4 Å². The summed E-state index contributed by atoms with van der Waals surface area (Å²) < 4.78 is 33.1. The summed E-state index contributed by atoms with van der Waals surface area (Å²) in [5.74, 6) is -0.867. The van der Waals surface area contributed by atoms with Gasteiger partial charge in [0.15, 0.2) is 9.90 Å². The monoisotopic (exact) mass is 482 g/mol. The minimum absolute atomic E-state index is 0.0679. The maximum atomic E-state index is 13.8. The zero-order valence-electron chi connectivity index (χ0n) is 18.6. The Balaban J connectivity index is 1.75. The Labute approximate surface area is 197 Å². The molecular weight excluding hydrogens is 456 g/mol. The molecule has 2 heterocycles. The molecule has 1 saturated carbocycles. The van der Waals surface area contributed by atoms with Gasteiger partial charge in [0.05, 0.1) is 11.3 Å². The molecule has 34 heavy (non-hydrogen) atoms. The van der Waals surface area contributed by atoms with Crippen LogP contribution in [0.1, 0.15) is 29.7 Å². The van der Waals surface area contributed by atoms with Crippen LogP contribution in [0.25, 0.3) is 0 Å². The molecule has 4 N–H and O–H groups in total. The van der Waals surface area contributed by atoms with E-state index in [1.54, 1.807) is 31.4 Å². The van der Waals surface area contributed by atoms with Crippen molar-refractivity contribution in [1.82, 2.24) is 9.97 Å². The zero-order chi connectivity index (χ0) is 24.4. The Morgan fingerprint density at radius 3 is 2.47 bits per heavy atom. The van der Waals surface area contributed by atoms with Gasteiger partial charge >= 0.3 is 5.97 Å². The fourth-order valence-electron chi connectivity index (χ4n) is 3.90. The summed E-state index contributed by atoms with van der Waals surface area (Å²) >= 11 is 0. The van der Waals surface area contributed by atoms with E-state index in [2.05, 4.69) is 15.3 Å². The lowest BCUT2D eigenvalue weighted by Crippen LogP contribution is -2.47. The van der Waals surface area contributed by atoms with Crippen molar-refractivity contribution < 1.29 is 23.1 Å². The first-order chi connectivity index (χ1) is 16.2. The van der Waals surface area contributed by atoms with Gasteiger partial charge in [0.25, 0.3) is 0 Å². The number of nitrogens with one attached hydrogen (secondary N) is 1. The van der Waals surface area contributed by atoms with Crippen molar-refractivity contribution in [2.45, 2.75) is 34.8 Å². The molecule has 0 radical (unpaired) electrons. The summed E-state index contributed by atoms with van der Waals surface area (Å²) in [6.45, 7) is -0.371. The van der Waals surface area contributed by atoms with E-state index in [9.17, 15) is 13.2 Å². The van der Waals surface area contributed by atoms with E-state index in [0.29, 0.717) is 5.56 Å². The SMILES string of the molecule is COC1(c2ccc(CC(N)(c3cccc(NCC(=O)O)n3)S(=O)(=O)c3ccccn3)cc2)CC1. The van der Waals surface area contributed by atoms with Crippen LogP contribution in [0.3, 0.4) is 0 Å². The van der Waals surface area contributed by atoms with Crippen LogP contribution < -0.4 is 11.1 Å². The second-order valence-electron chi connectivity index (χ2n) is 8.29. The van der Waals surface area contributed by atoms with Gasteiger partial charge in [-0.2, -0.15) is 0 Å². The molecular formula is C24H26N4O5S. The lowest BCUT2D eigenvalue weighted by molar-refractivity contribution is -0.134. The van der Waals surface area contributed by atoms with Gasteiger partial charge in [0.2, 0.25) is 9.84 Å². The molecule has 1 fully saturated rings. The van der Waals surface area contributed by atoms with Gasteiger partial charge in [0, 0.05) is 19.7 Å². The number of carboxylic acid groups (broad SMARTS) is 1. The number of rotatable bonds is 10. The van der Waals surface area contributed by atoms with Crippen molar-refractivity contribution in [2.75, 3.05) is 19.0 Å². The van der Waals surface area contributed by atoms with Gasteiger partial charge < -0.3 is 20.9 Å². The molecule has 1 unspecified atom stereocenters. The Kier molecular flexibility index (Phi) is 6.39. The first-order valence-corrected chi connectivity index (χ1v) is 12.2. The highest BCUT2D eigenvalue weighted by Crippen LogP contribution is 2.48. The maximum absolute atomic E-state index is 13.8. The number of hydrogen-bond donors (Lipinski definition) is 3. The van der Waals surface area contributed by atoms with Crippen molar-refractivity contribution in [3.8, 4) is 0 Å². The third-order valence-corrected chi connectivity index (χ3v) is 8.14. The van der Waals surface area contributed by atoms with Gasteiger partial charge in [-0.25, -0.2) is 18.4 Å². The Morgan fingerprint density at radius 1 is 1.15 bits per heavy atom. The molecule has 1 atom stereocenters. The molecule has 1 aromatic carbocycles. The van der Waals surface area contributed by atoms with Crippen LogP contribution in [0.5, 0.6) is 0 Å². The second-order valence-corrected chi connectivity index (χ2v) is 10.4. The summed E-state index contributed by atoms with van der Waals surface area (Å²) in [5, 5.41) is 11.4. The van der Waals surface area contributed by atoms with Gasteiger partial charge in [-0.3, -0.25) is 4.79 Å². The Bertz CT molecular complexity index is 1280. The standard InChI is InChI=1S/C24H26N4O5S/c1-33-23(12-13-23)18-10-8-17(9-11-18)15-24(25,34(31,32)21-7-2-3-14-26-21)19-5-4-6-20(28-19)27-16-22(29)30/h2-11,14H,12-13,15-16,25H2,1H3,(H,27,28)(H,29,30). The predicted molar refractivity (Wildman–Crippen MR) is 126 cm³/mol. The minimum atomic E-state index is -4.20. The van der Waals surface area contributed by atoms with Gasteiger partial charge in [-0.05, 0) is 48.2 Å². The highest BCUT2D eigenvalue weighted by Gasteiger charge is 2.46. The van der Waals surface area contributed by atoms with Crippen molar-refractivity contribution in [3.05, 3.63) is 83.7 Å². The molecule has 0 amide bonds. The highest BCUT2D eigenvalue weighted by molar-refractivity contribution is 7.92. The van der Waals surface area contributed by atoms with E-state index in [4.69, 9.17) is 15.6 Å². The number of carboxylic acids is 1. The van der Waals surface area contributed by atoms with E-state index < -0.39 is 20.7 Å². The molecule has 0 saturated heterocycles. The molecule has 0 aliphatic heterocycles. The van der Waals surface area contributed by atoms with Crippen LogP contribution in [0.15, 0.2) is 71.9 Å². The summed E-state index contributed by atoms with van der Waals surface area (Å²) in [6, 6.07) is 16.8. The summed E-state index contributed by atoms with van der Waals surface area (Å²) in [6.07, 6.45) is 3.21. The third-order valence-electron chi connectivity index (χ3n) is 6.04.